The van der Waals surface area contributed by atoms with Crippen molar-refractivity contribution >= 4 is 12.1 Å². The molecule has 2 unspecified atom stereocenters. The number of nitrogens with one attached hydrogen (secondary N) is 1. The van der Waals surface area contributed by atoms with E-state index >= 15 is 4.39 Å². The molecule has 1 aliphatic heterocycles. The zero-order valence-corrected chi connectivity index (χ0v) is 22.5. The molecule has 2 N–H and O–H groups in total. The maximum atomic E-state index is 17.5. The van der Waals surface area contributed by atoms with E-state index in [1.807, 2.05) is 6.07 Å². The standard InChI is InChI=1S/C29H46FN3O4/c1-37-23-12-9-20-29(30,25-17-7-3-8-18-25)33(28(36)32-21-10-4-11-22-32)26(31-27(34)35)19-13-16-24-14-5-2-6-15-24/h3,7-8,17-18,24,26,31H,2,4-6,9-16,19-23H2,1H3,(H,34,35). The lowest BCUT2D eigenvalue weighted by Gasteiger charge is -2.45. The number of urea groups is 1. The summed E-state index contributed by atoms with van der Waals surface area (Å²) in [5, 5.41) is 12.3. The van der Waals surface area contributed by atoms with Crippen LogP contribution in [-0.4, -0.2) is 60.0 Å². The third-order valence-electron chi connectivity index (χ3n) is 7.95. The summed E-state index contributed by atoms with van der Waals surface area (Å²) in [6.07, 6.45) is 10.1. The lowest BCUT2D eigenvalue weighted by molar-refractivity contribution is -0.0631. The SMILES string of the molecule is COCCCCC(F)(c1ccccc1)N(C(=O)N1CCCCC1)C(CCCC1CCCCC1)NC(=O)O. The molecule has 2 fully saturated rings. The van der Waals surface area contributed by atoms with E-state index in [2.05, 4.69) is 5.32 Å². The molecule has 0 spiro atoms. The predicted molar refractivity (Wildman–Crippen MR) is 143 cm³/mol. The molecular weight excluding hydrogens is 473 g/mol. The number of carboxylic acid groups (broad SMARTS) is 1. The number of unbranched alkanes of at least 4 members (excludes halogenated alkanes) is 1. The molecule has 3 amide bonds. The Morgan fingerprint density at radius 2 is 1.76 bits per heavy atom. The number of piperidine rings is 1. The van der Waals surface area contributed by atoms with Gasteiger partial charge in [0.1, 0.15) is 6.17 Å². The van der Waals surface area contributed by atoms with Crippen molar-refractivity contribution in [1.82, 2.24) is 15.1 Å². The van der Waals surface area contributed by atoms with Crippen molar-refractivity contribution in [3.05, 3.63) is 35.9 Å². The average molecular weight is 520 g/mol. The highest BCUT2D eigenvalue weighted by Crippen LogP contribution is 2.39. The van der Waals surface area contributed by atoms with Gasteiger partial charge in [0.05, 0.1) is 0 Å². The molecule has 0 aromatic heterocycles. The lowest BCUT2D eigenvalue weighted by atomic mass is 9.85. The van der Waals surface area contributed by atoms with E-state index in [4.69, 9.17) is 4.74 Å². The first-order chi connectivity index (χ1) is 18.0. The van der Waals surface area contributed by atoms with Gasteiger partial charge in [0.2, 0.25) is 5.79 Å². The zero-order chi connectivity index (χ0) is 26.5. The number of hydrogen-bond donors (Lipinski definition) is 2. The number of methoxy groups -OCH3 is 1. The summed E-state index contributed by atoms with van der Waals surface area (Å²) in [5.74, 6) is -1.52. The molecule has 8 heteroatoms. The second-order valence-corrected chi connectivity index (χ2v) is 10.7. The number of alkyl halides is 1. The molecule has 1 heterocycles. The summed E-state index contributed by atoms with van der Waals surface area (Å²) in [6, 6.07) is 8.34. The fraction of sp³-hybridized carbons (Fsp3) is 0.724. The predicted octanol–water partition coefficient (Wildman–Crippen LogP) is 6.88. The summed E-state index contributed by atoms with van der Waals surface area (Å²) >= 11 is 0. The van der Waals surface area contributed by atoms with Crippen LogP contribution in [0.1, 0.15) is 95.5 Å². The number of amides is 3. The minimum absolute atomic E-state index is 0.0698. The number of carbonyl (C=O) groups is 2. The van der Waals surface area contributed by atoms with E-state index in [-0.39, 0.29) is 6.42 Å². The van der Waals surface area contributed by atoms with E-state index in [1.54, 1.807) is 36.3 Å². The highest BCUT2D eigenvalue weighted by atomic mass is 19.1. The van der Waals surface area contributed by atoms with Gasteiger partial charge >= 0.3 is 12.1 Å². The summed E-state index contributed by atoms with van der Waals surface area (Å²) in [4.78, 5) is 28.9. The molecule has 0 radical (unpaired) electrons. The van der Waals surface area contributed by atoms with Gasteiger partial charge in [-0.3, -0.25) is 4.90 Å². The van der Waals surface area contributed by atoms with Crippen LogP contribution in [-0.2, 0) is 10.5 Å². The highest BCUT2D eigenvalue weighted by molar-refractivity contribution is 5.77. The largest absolute Gasteiger partial charge is 0.465 e. The molecule has 1 aliphatic carbocycles. The van der Waals surface area contributed by atoms with Crippen LogP contribution in [0, 0.1) is 5.92 Å². The van der Waals surface area contributed by atoms with Gasteiger partial charge in [0, 0.05) is 38.8 Å². The fourth-order valence-corrected chi connectivity index (χ4v) is 5.96. The third-order valence-corrected chi connectivity index (χ3v) is 7.95. The van der Waals surface area contributed by atoms with Gasteiger partial charge in [-0.1, -0.05) is 68.9 Å². The van der Waals surface area contributed by atoms with E-state index in [0.717, 1.165) is 32.1 Å². The first-order valence-electron chi connectivity index (χ1n) is 14.3. The van der Waals surface area contributed by atoms with E-state index < -0.39 is 24.1 Å². The third kappa shape index (κ3) is 8.59. The Morgan fingerprint density at radius 1 is 1.08 bits per heavy atom. The molecular formula is C29H46FN3O4. The minimum atomic E-state index is -2.15. The Labute approximate surface area is 221 Å². The summed E-state index contributed by atoms with van der Waals surface area (Å²) < 4.78 is 22.7. The molecule has 208 valence electrons. The zero-order valence-electron chi connectivity index (χ0n) is 22.5. The average Bonchev–Trinajstić information content (AvgIpc) is 2.92. The van der Waals surface area contributed by atoms with Gasteiger partial charge < -0.3 is 20.1 Å². The molecule has 2 aliphatic rings. The number of ether oxygens (including phenoxy) is 1. The van der Waals surface area contributed by atoms with Crippen molar-refractivity contribution in [3.8, 4) is 0 Å². The number of carbonyl (C=O) groups excluding carboxylic acids is 1. The molecule has 1 saturated heterocycles. The molecule has 2 atom stereocenters. The van der Waals surface area contributed by atoms with Gasteiger partial charge in [-0.25, -0.2) is 14.0 Å². The second-order valence-electron chi connectivity index (χ2n) is 10.7. The second kappa shape index (κ2) is 15.2. The molecule has 0 bridgehead atoms. The first-order valence-corrected chi connectivity index (χ1v) is 14.3. The van der Waals surface area contributed by atoms with Gasteiger partial charge in [-0.2, -0.15) is 0 Å². The van der Waals surface area contributed by atoms with Crippen molar-refractivity contribution in [2.24, 2.45) is 5.92 Å². The smallest absolute Gasteiger partial charge is 0.406 e. The normalized spacial score (nSPS) is 19.1. The Hall–Kier alpha value is -2.35. The van der Waals surface area contributed by atoms with E-state index in [0.29, 0.717) is 50.4 Å². The molecule has 1 aromatic rings. The summed E-state index contributed by atoms with van der Waals surface area (Å²) in [7, 11) is 1.62. The molecule has 3 rings (SSSR count). The number of benzene rings is 1. The summed E-state index contributed by atoms with van der Waals surface area (Å²) in [6.45, 7) is 1.63. The van der Waals surface area contributed by atoms with E-state index in [1.165, 1.54) is 37.0 Å². The van der Waals surface area contributed by atoms with Crippen LogP contribution in [0.5, 0.6) is 0 Å². The maximum Gasteiger partial charge on any atom is 0.406 e. The van der Waals surface area contributed by atoms with Crippen LogP contribution in [0.3, 0.4) is 0 Å². The monoisotopic (exact) mass is 519 g/mol. The highest BCUT2D eigenvalue weighted by Gasteiger charge is 2.47. The Bertz CT molecular complexity index is 815. The summed E-state index contributed by atoms with van der Waals surface area (Å²) in [5.41, 5.74) is 0.377. The Morgan fingerprint density at radius 3 is 2.41 bits per heavy atom. The maximum absolute atomic E-state index is 17.5. The number of likely N-dealkylation sites (tertiary alicyclic amines) is 1. The number of rotatable bonds is 13. The number of halogens is 1. The molecule has 7 nitrogen and oxygen atoms in total. The van der Waals surface area contributed by atoms with Crippen LogP contribution in [0.15, 0.2) is 30.3 Å². The van der Waals surface area contributed by atoms with Gasteiger partial charge in [0.25, 0.3) is 0 Å². The van der Waals surface area contributed by atoms with Crippen LogP contribution in [0.2, 0.25) is 0 Å². The van der Waals surface area contributed by atoms with Crippen LogP contribution in [0.4, 0.5) is 14.0 Å². The van der Waals surface area contributed by atoms with Crippen molar-refractivity contribution in [2.75, 3.05) is 26.8 Å². The van der Waals surface area contributed by atoms with Gasteiger partial charge in [0.15, 0.2) is 0 Å². The van der Waals surface area contributed by atoms with Crippen LogP contribution >= 0.6 is 0 Å². The Balaban J connectivity index is 1.92. The fourth-order valence-electron chi connectivity index (χ4n) is 5.96. The minimum Gasteiger partial charge on any atom is -0.465 e. The van der Waals surface area contributed by atoms with Crippen molar-refractivity contribution in [2.45, 2.75) is 102 Å². The lowest BCUT2D eigenvalue weighted by Crippen LogP contribution is -2.62. The molecule has 37 heavy (non-hydrogen) atoms. The Kier molecular flexibility index (Phi) is 12.0. The van der Waals surface area contributed by atoms with Crippen molar-refractivity contribution in [3.63, 3.8) is 0 Å². The van der Waals surface area contributed by atoms with E-state index in [9.17, 15) is 14.7 Å². The number of nitrogens with zero attached hydrogens (tertiary/aromatic N) is 2. The van der Waals surface area contributed by atoms with Crippen LogP contribution < -0.4 is 5.32 Å². The molecule has 1 aromatic carbocycles. The quantitative estimate of drug-likeness (QED) is 0.169. The van der Waals surface area contributed by atoms with Gasteiger partial charge in [-0.15, -0.1) is 0 Å². The van der Waals surface area contributed by atoms with Gasteiger partial charge in [-0.05, 0) is 50.9 Å². The molecule has 1 saturated carbocycles. The topological polar surface area (TPSA) is 82.1 Å². The number of hydrogen-bond acceptors (Lipinski definition) is 3. The van der Waals surface area contributed by atoms with Crippen LogP contribution in [0.25, 0.3) is 0 Å². The van der Waals surface area contributed by atoms with Crippen molar-refractivity contribution in [1.29, 1.82) is 0 Å². The first kappa shape index (κ1) is 29.2. The van der Waals surface area contributed by atoms with Crippen molar-refractivity contribution < 1.29 is 23.8 Å².